The fraction of sp³-hybridized carbons (Fsp3) is 0.462. The van der Waals surface area contributed by atoms with E-state index in [2.05, 4.69) is 26.6 Å². The van der Waals surface area contributed by atoms with Crippen molar-refractivity contribution < 1.29 is 14.1 Å². The molecule has 1 atom stereocenters. The number of nitrogens with one attached hydrogen (secondary N) is 1. The molecule has 1 aliphatic heterocycles. The average molecular weight is 553 g/mol. The maximum absolute atomic E-state index is 12.4. The summed E-state index contributed by atoms with van der Waals surface area (Å²) in [7, 11) is 0. The summed E-state index contributed by atoms with van der Waals surface area (Å²) in [5.74, 6) is 0.748. The minimum absolute atomic E-state index is 0.0870. The number of hydrogen-bond donors (Lipinski definition) is 2. The van der Waals surface area contributed by atoms with Gasteiger partial charge in [-0.2, -0.15) is 4.98 Å². The number of carbonyl (C=O) groups excluding carboxylic acids is 1. The largest absolute Gasteiger partial charge is 0.439 e. The van der Waals surface area contributed by atoms with E-state index in [4.69, 9.17) is 36.6 Å². The van der Waals surface area contributed by atoms with Crippen LogP contribution in [0.1, 0.15) is 32.6 Å². The van der Waals surface area contributed by atoms with Crippen LogP contribution in [0.2, 0.25) is 5.02 Å². The van der Waals surface area contributed by atoms with Gasteiger partial charge in [-0.15, -0.1) is 0 Å². The number of rotatable bonds is 6. The SMILES string of the molecule is CC1CCC(Cn2c(N3CCOC[C@H]3C(N)=O)nc3nc(-c4noc(=O)[nH]4)nc(-c4cccc(Cl)c4)c32)CC1. The number of hydrogen-bond acceptors (Lipinski definition) is 9. The monoisotopic (exact) mass is 552 g/mol. The fourth-order valence-corrected chi connectivity index (χ4v) is 5.72. The van der Waals surface area contributed by atoms with E-state index >= 15 is 0 Å². The summed E-state index contributed by atoms with van der Waals surface area (Å²) in [4.78, 5) is 43.0. The van der Waals surface area contributed by atoms with Crippen LogP contribution < -0.4 is 16.4 Å². The molecule has 39 heavy (non-hydrogen) atoms. The molecular formula is C26H29ClN8O4. The molecule has 6 rings (SSSR count). The minimum Gasteiger partial charge on any atom is -0.377 e. The number of anilines is 1. The molecule has 0 unspecified atom stereocenters. The molecule has 2 aliphatic rings. The number of nitrogens with zero attached hydrogens (tertiary/aromatic N) is 6. The van der Waals surface area contributed by atoms with Crippen LogP contribution in [0.4, 0.5) is 5.95 Å². The number of fused-ring (bicyclic) bond motifs is 1. The number of amides is 1. The van der Waals surface area contributed by atoms with Crippen molar-refractivity contribution in [2.75, 3.05) is 24.7 Å². The number of aromatic nitrogens is 6. The zero-order chi connectivity index (χ0) is 27.1. The van der Waals surface area contributed by atoms with Gasteiger partial charge in [0.25, 0.3) is 0 Å². The fourth-order valence-electron chi connectivity index (χ4n) is 5.53. The lowest BCUT2D eigenvalue weighted by molar-refractivity contribution is -0.121. The van der Waals surface area contributed by atoms with Gasteiger partial charge < -0.3 is 19.9 Å². The molecule has 0 radical (unpaired) electrons. The third-order valence-electron chi connectivity index (χ3n) is 7.62. The molecule has 1 aromatic carbocycles. The zero-order valence-corrected chi connectivity index (χ0v) is 22.2. The summed E-state index contributed by atoms with van der Waals surface area (Å²) in [6.45, 7) is 4.03. The molecule has 1 saturated heterocycles. The first-order valence-electron chi connectivity index (χ1n) is 13.1. The van der Waals surface area contributed by atoms with Gasteiger partial charge >= 0.3 is 5.76 Å². The molecule has 1 aliphatic carbocycles. The molecular weight excluding hydrogens is 524 g/mol. The maximum atomic E-state index is 12.4. The van der Waals surface area contributed by atoms with Crippen LogP contribution >= 0.6 is 11.6 Å². The van der Waals surface area contributed by atoms with Gasteiger partial charge in [0.1, 0.15) is 17.3 Å². The van der Waals surface area contributed by atoms with Crippen molar-refractivity contribution in [3.63, 3.8) is 0 Å². The van der Waals surface area contributed by atoms with Crippen LogP contribution in [0.15, 0.2) is 33.6 Å². The summed E-state index contributed by atoms with van der Waals surface area (Å²) >= 11 is 6.38. The van der Waals surface area contributed by atoms with Gasteiger partial charge in [-0.05, 0) is 36.8 Å². The highest BCUT2D eigenvalue weighted by atomic mass is 35.5. The Bertz CT molecular complexity index is 1570. The Labute approximate surface area is 228 Å². The minimum atomic E-state index is -0.714. The Morgan fingerprint density at radius 3 is 2.74 bits per heavy atom. The number of ether oxygens (including phenoxy) is 1. The summed E-state index contributed by atoms with van der Waals surface area (Å²) in [6, 6.07) is 6.69. The second-order valence-corrected chi connectivity index (χ2v) is 10.8. The van der Waals surface area contributed by atoms with Gasteiger partial charge in [-0.25, -0.2) is 14.8 Å². The van der Waals surface area contributed by atoms with E-state index in [9.17, 15) is 9.59 Å². The van der Waals surface area contributed by atoms with Crippen molar-refractivity contribution in [3.05, 3.63) is 39.8 Å². The summed E-state index contributed by atoms with van der Waals surface area (Å²) in [5.41, 5.74) is 8.21. The molecule has 2 fully saturated rings. The molecule has 4 aromatic rings. The van der Waals surface area contributed by atoms with Crippen molar-refractivity contribution in [2.45, 2.75) is 45.2 Å². The topological polar surface area (TPSA) is 158 Å². The zero-order valence-electron chi connectivity index (χ0n) is 21.5. The molecule has 4 heterocycles. The first kappa shape index (κ1) is 25.5. The molecule has 12 nitrogen and oxygen atoms in total. The van der Waals surface area contributed by atoms with Crippen molar-refractivity contribution in [3.8, 4) is 22.9 Å². The van der Waals surface area contributed by atoms with Crippen molar-refractivity contribution in [1.29, 1.82) is 0 Å². The highest BCUT2D eigenvalue weighted by Crippen LogP contribution is 2.36. The van der Waals surface area contributed by atoms with E-state index in [1.165, 1.54) is 0 Å². The number of primary amides is 1. The number of halogens is 1. The molecule has 1 amide bonds. The van der Waals surface area contributed by atoms with Crippen LogP contribution in [0.25, 0.3) is 34.1 Å². The molecule has 0 bridgehead atoms. The van der Waals surface area contributed by atoms with E-state index in [1.54, 1.807) is 6.07 Å². The Kier molecular flexibility index (Phi) is 6.81. The summed E-state index contributed by atoms with van der Waals surface area (Å²) in [6.07, 6.45) is 4.51. The van der Waals surface area contributed by atoms with Crippen molar-refractivity contribution in [1.82, 2.24) is 29.7 Å². The third kappa shape index (κ3) is 5.01. The number of carbonyl (C=O) groups is 1. The van der Waals surface area contributed by atoms with Gasteiger partial charge in [-0.3, -0.25) is 14.3 Å². The predicted molar refractivity (Wildman–Crippen MR) is 144 cm³/mol. The predicted octanol–water partition coefficient (Wildman–Crippen LogP) is 3.01. The number of morpholine rings is 1. The molecule has 13 heteroatoms. The lowest BCUT2D eigenvalue weighted by Crippen LogP contribution is -2.53. The van der Waals surface area contributed by atoms with Gasteiger partial charge in [0.15, 0.2) is 5.65 Å². The van der Waals surface area contributed by atoms with E-state index < -0.39 is 17.7 Å². The summed E-state index contributed by atoms with van der Waals surface area (Å²) in [5, 5.41) is 4.33. The smallest absolute Gasteiger partial charge is 0.377 e. The van der Waals surface area contributed by atoms with E-state index in [-0.39, 0.29) is 18.3 Å². The van der Waals surface area contributed by atoms with Crippen LogP contribution in [-0.4, -0.2) is 61.4 Å². The second kappa shape index (κ2) is 10.4. The van der Waals surface area contributed by atoms with Crippen molar-refractivity contribution >= 4 is 34.6 Å². The van der Waals surface area contributed by atoms with Crippen LogP contribution in [0.3, 0.4) is 0 Å². The number of nitrogens with two attached hydrogens (primary N) is 1. The normalized spacial score (nSPS) is 21.9. The average Bonchev–Trinajstić information content (AvgIpc) is 3.53. The van der Waals surface area contributed by atoms with Gasteiger partial charge in [0.2, 0.25) is 23.5 Å². The highest BCUT2D eigenvalue weighted by molar-refractivity contribution is 6.30. The maximum Gasteiger partial charge on any atom is 0.439 e. The third-order valence-corrected chi connectivity index (χ3v) is 7.86. The lowest BCUT2D eigenvalue weighted by Gasteiger charge is -2.35. The first-order chi connectivity index (χ1) is 18.9. The van der Waals surface area contributed by atoms with Crippen LogP contribution in [0.5, 0.6) is 0 Å². The van der Waals surface area contributed by atoms with E-state index in [1.807, 2.05) is 23.1 Å². The highest BCUT2D eigenvalue weighted by Gasteiger charge is 2.34. The standard InChI is InChI=1S/C26H29ClN8O4/c1-14-5-7-15(8-6-14)12-35-20-19(16-3-2-4-17(27)11-16)29-23(24-32-26(37)39-33-24)30-22(20)31-25(35)34-9-10-38-13-18(34)21(28)36/h2-4,11,14-15,18H,5-10,12-13H2,1H3,(H2,28,36)(H,32,33,37)/t14?,15?,18-/m0/s1. The van der Waals surface area contributed by atoms with Gasteiger partial charge in [0, 0.05) is 23.7 Å². The first-order valence-corrected chi connectivity index (χ1v) is 13.5. The number of benzene rings is 1. The lowest BCUT2D eigenvalue weighted by atomic mass is 9.83. The second-order valence-electron chi connectivity index (χ2n) is 10.4. The van der Waals surface area contributed by atoms with Gasteiger partial charge in [0.05, 0.1) is 13.2 Å². The van der Waals surface area contributed by atoms with E-state index in [0.29, 0.717) is 59.4 Å². The van der Waals surface area contributed by atoms with Gasteiger partial charge in [-0.1, -0.05) is 48.7 Å². The number of imidazole rings is 1. The molecule has 3 N–H and O–H groups in total. The Hall–Kier alpha value is -3.77. The number of aromatic amines is 1. The van der Waals surface area contributed by atoms with Crippen molar-refractivity contribution in [2.24, 2.45) is 17.6 Å². The van der Waals surface area contributed by atoms with E-state index in [0.717, 1.165) is 31.2 Å². The molecule has 1 saturated carbocycles. The Morgan fingerprint density at radius 1 is 1.21 bits per heavy atom. The molecule has 3 aromatic heterocycles. The van der Waals surface area contributed by atoms with Crippen LogP contribution in [-0.2, 0) is 16.1 Å². The summed E-state index contributed by atoms with van der Waals surface area (Å²) < 4.78 is 12.4. The Morgan fingerprint density at radius 2 is 2.03 bits per heavy atom. The Balaban J connectivity index is 1.59. The number of H-pyrrole nitrogens is 1. The van der Waals surface area contributed by atoms with Crippen LogP contribution in [0, 0.1) is 11.8 Å². The molecule has 0 spiro atoms. The quantitative estimate of drug-likeness (QED) is 0.366. The molecule has 204 valence electrons.